The van der Waals surface area contributed by atoms with E-state index in [1.807, 2.05) is 38.1 Å². The van der Waals surface area contributed by atoms with Gasteiger partial charge in [0.25, 0.3) is 5.91 Å². The van der Waals surface area contributed by atoms with E-state index in [1.54, 1.807) is 36.2 Å². The molecule has 0 saturated carbocycles. The van der Waals surface area contributed by atoms with Gasteiger partial charge in [-0.2, -0.15) is 0 Å². The van der Waals surface area contributed by atoms with Gasteiger partial charge in [-0.1, -0.05) is 24.6 Å². The van der Waals surface area contributed by atoms with Gasteiger partial charge in [-0.25, -0.2) is 4.90 Å². The van der Waals surface area contributed by atoms with Crippen LogP contribution in [0, 0.1) is 6.92 Å². The molecular formula is C23H27N3O4. The fraction of sp³-hybridized carbons (Fsp3) is 0.348. The summed E-state index contributed by atoms with van der Waals surface area (Å²) in [5.74, 6) is -0.149. The van der Waals surface area contributed by atoms with E-state index in [-0.39, 0.29) is 30.7 Å². The molecule has 1 aliphatic heterocycles. The number of aryl methyl sites for hydroxylation is 1. The Hall–Kier alpha value is -3.19. The lowest BCUT2D eigenvalue weighted by molar-refractivity contribution is -0.123. The number of likely N-dealkylation sites (N-methyl/N-ethyl adjacent to an activating group) is 1. The number of imide groups is 1. The van der Waals surface area contributed by atoms with Gasteiger partial charge in [0, 0.05) is 5.69 Å². The quantitative estimate of drug-likeness (QED) is 0.678. The molecule has 1 heterocycles. The van der Waals surface area contributed by atoms with Crippen LogP contribution in [0.15, 0.2) is 48.5 Å². The van der Waals surface area contributed by atoms with Crippen LogP contribution in [0.1, 0.15) is 25.3 Å². The van der Waals surface area contributed by atoms with Gasteiger partial charge >= 0.3 is 0 Å². The van der Waals surface area contributed by atoms with Crippen molar-refractivity contribution < 1.29 is 19.1 Å². The highest BCUT2D eigenvalue weighted by atomic mass is 16.5. The first-order chi connectivity index (χ1) is 14.4. The monoisotopic (exact) mass is 409 g/mol. The third-order valence-corrected chi connectivity index (χ3v) is 4.95. The van der Waals surface area contributed by atoms with E-state index in [9.17, 15) is 14.4 Å². The SMILES string of the molecule is CCCOc1ccc(N2C(=O)C[C@H](N(C)CC(=O)Nc3ccc(C)cc3)C2=O)cc1. The lowest BCUT2D eigenvalue weighted by Crippen LogP contribution is -2.43. The van der Waals surface area contributed by atoms with E-state index < -0.39 is 6.04 Å². The summed E-state index contributed by atoms with van der Waals surface area (Å²) in [6.07, 6.45) is 0.942. The number of nitrogens with one attached hydrogen (secondary N) is 1. The number of hydrogen-bond donors (Lipinski definition) is 1. The van der Waals surface area contributed by atoms with Gasteiger partial charge in [0.15, 0.2) is 0 Å². The molecule has 0 radical (unpaired) electrons. The van der Waals surface area contributed by atoms with Crippen molar-refractivity contribution in [3.8, 4) is 5.75 Å². The van der Waals surface area contributed by atoms with E-state index in [2.05, 4.69) is 5.32 Å². The third-order valence-electron chi connectivity index (χ3n) is 4.95. The van der Waals surface area contributed by atoms with E-state index >= 15 is 0 Å². The maximum absolute atomic E-state index is 12.9. The number of carbonyl (C=O) groups excluding carboxylic acids is 3. The fourth-order valence-corrected chi connectivity index (χ4v) is 3.32. The topological polar surface area (TPSA) is 79.0 Å². The Morgan fingerprint density at radius 1 is 1.13 bits per heavy atom. The number of hydrogen-bond acceptors (Lipinski definition) is 5. The maximum Gasteiger partial charge on any atom is 0.251 e. The second kappa shape index (κ2) is 9.54. The fourth-order valence-electron chi connectivity index (χ4n) is 3.32. The van der Waals surface area contributed by atoms with Gasteiger partial charge in [-0.15, -0.1) is 0 Å². The van der Waals surface area contributed by atoms with Crippen LogP contribution in [0.2, 0.25) is 0 Å². The highest BCUT2D eigenvalue weighted by Crippen LogP contribution is 2.27. The van der Waals surface area contributed by atoms with E-state index in [0.717, 1.165) is 12.0 Å². The second-order valence-corrected chi connectivity index (χ2v) is 7.46. The first-order valence-corrected chi connectivity index (χ1v) is 10.1. The molecule has 2 aromatic carbocycles. The summed E-state index contributed by atoms with van der Waals surface area (Å²) >= 11 is 0. The zero-order chi connectivity index (χ0) is 21.7. The van der Waals surface area contributed by atoms with Crippen molar-refractivity contribution in [2.75, 3.05) is 30.4 Å². The molecule has 1 saturated heterocycles. The summed E-state index contributed by atoms with van der Waals surface area (Å²) in [6.45, 7) is 4.61. The number of benzene rings is 2. The molecule has 7 heteroatoms. The second-order valence-electron chi connectivity index (χ2n) is 7.46. The molecule has 1 N–H and O–H groups in total. The van der Waals surface area contributed by atoms with Crippen molar-refractivity contribution >= 4 is 29.1 Å². The van der Waals surface area contributed by atoms with Gasteiger partial charge < -0.3 is 10.1 Å². The maximum atomic E-state index is 12.9. The summed E-state index contributed by atoms with van der Waals surface area (Å²) in [5, 5.41) is 2.81. The van der Waals surface area contributed by atoms with Gasteiger partial charge in [0.1, 0.15) is 5.75 Å². The first kappa shape index (κ1) is 21.5. The molecule has 0 aliphatic carbocycles. The number of amides is 3. The molecule has 1 atom stereocenters. The van der Waals surface area contributed by atoms with Gasteiger partial charge in [0.05, 0.1) is 31.3 Å². The molecule has 0 spiro atoms. The molecule has 1 fully saturated rings. The number of nitrogens with zero attached hydrogens (tertiary/aromatic N) is 2. The highest BCUT2D eigenvalue weighted by molar-refractivity contribution is 6.22. The smallest absolute Gasteiger partial charge is 0.251 e. The summed E-state index contributed by atoms with van der Waals surface area (Å²) in [7, 11) is 1.68. The van der Waals surface area contributed by atoms with Crippen LogP contribution in [0.3, 0.4) is 0 Å². The van der Waals surface area contributed by atoms with Crippen molar-refractivity contribution in [2.24, 2.45) is 0 Å². The largest absolute Gasteiger partial charge is 0.494 e. The average Bonchev–Trinajstić information content (AvgIpc) is 3.02. The molecule has 30 heavy (non-hydrogen) atoms. The lowest BCUT2D eigenvalue weighted by Gasteiger charge is -2.22. The Balaban J connectivity index is 1.61. The van der Waals surface area contributed by atoms with Gasteiger partial charge in [0.2, 0.25) is 11.8 Å². The minimum atomic E-state index is -0.669. The minimum Gasteiger partial charge on any atom is -0.494 e. The predicted molar refractivity (Wildman–Crippen MR) is 116 cm³/mol. The normalized spacial score (nSPS) is 16.3. The van der Waals surface area contributed by atoms with Crippen molar-refractivity contribution in [3.05, 3.63) is 54.1 Å². The van der Waals surface area contributed by atoms with Crippen LogP contribution >= 0.6 is 0 Å². The molecule has 0 aromatic heterocycles. The molecule has 7 nitrogen and oxygen atoms in total. The van der Waals surface area contributed by atoms with Crippen LogP contribution in [-0.4, -0.2) is 48.9 Å². The summed E-state index contributed by atoms with van der Waals surface area (Å²) in [6, 6.07) is 13.7. The Morgan fingerprint density at radius 2 is 1.80 bits per heavy atom. The summed E-state index contributed by atoms with van der Waals surface area (Å²) in [4.78, 5) is 40.6. The van der Waals surface area contributed by atoms with Gasteiger partial charge in [-0.05, 0) is 56.8 Å². The Kier molecular flexibility index (Phi) is 6.84. The predicted octanol–water partition coefficient (Wildman–Crippen LogP) is 2.99. The van der Waals surface area contributed by atoms with E-state index in [1.165, 1.54) is 4.90 Å². The van der Waals surface area contributed by atoms with Crippen LogP contribution in [0.25, 0.3) is 0 Å². The van der Waals surface area contributed by atoms with Crippen LogP contribution in [-0.2, 0) is 14.4 Å². The zero-order valence-corrected chi connectivity index (χ0v) is 17.6. The van der Waals surface area contributed by atoms with Crippen LogP contribution in [0.4, 0.5) is 11.4 Å². The summed E-state index contributed by atoms with van der Waals surface area (Å²) in [5.41, 5.74) is 2.30. The molecule has 158 valence electrons. The molecule has 2 aromatic rings. The molecule has 0 unspecified atom stereocenters. The first-order valence-electron chi connectivity index (χ1n) is 10.1. The molecular weight excluding hydrogens is 382 g/mol. The van der Waals surface area contributed by atoms with E-state index in [0.29, 0.717) is 23.7 Å². The number of anilines is 2. The Morgan fingerprint density at radius 3 is 2.43 bits per heavy atom. The number of rotatable bonds is 8. The van der Waals surface area contributed by atoms with Crippen LogP contribution in [0.5, 0.6) is 5.75 Å². The van der Waals surface area contributed by atoms with Crippen molar-refractivity contribution in [3.63, 3.8) is 0 Å². The lowest BCUT2D eigenvalue weighted by atomic mass is 10.2. The van der Waals surface area contributed by atoms with Crippen LogP contribution < -0.4 is 15.0 Å². The van der Waals surface area contributed by atoms with Crippen molar-refractivity contribution in [2.45, 2.75) is 32.7 Å². The van der Waals surface area contributed by atoms with Crippen molar-refractivity contribution in [1.29, 1.82) is 0 Å². The number of carbonyl (C=O) groups is 3. The Labute approximate surface area is 176 Å². The third kappa shape index (κ3) is 5.04. The molecule has 0 bridgehead atoms. The number of ether oxygens (including phenoxy) is 1. The Bertz CT molecular complexity index is 909. The van der Waals surface area contributed by atoms with E-state index in [4.69, 9.17) is 4.74 Å². The standard InChI is InChI=1S/C23H27N3O4/c1-4-13-30-19-11-9-18(10-12-19)26-22(28)14-20(23(26)29)25(3)15-21(27)24-17-7-5-16(2)6-8-17/h5-12,20H,4,13-15H2,1-3H3,(H,24,27)/t20-/m0/s1. The summed E-state index contributed by atoms with van der Waals surface area (Å²) < 4.78 is 5.54. The molecule has 3 amide bonds. The zero-order valence-electron chi connectivity index (χ0n) is 17.6. The molecule has 1 aliphatic rings. The van der Waals surface area contributed by atoms with Gasteiger partial charge in [-0.3, -0.25) is 19.3 Å². The highest BCUT2D eigenvalue weighted by Gasteiger charge is 2.42. The molecule has 3 rings (SSSR count). The average molecular weight is 409 g/mol. The van der Waals surface area contributed by atoms with Crippen molar-refractivity contribution in [1.82, 2.24) is 4.90 Å². The minimum absolute atomic E-state index is 0.00913.